The highest BCUT2D eigenvalue weighted by Gasteiger charge is 2.39. The number of ether oxygens (including phenoxy) is 2. The second kappa shape index (κ2) is 3.89. The van der Waals surface area contributed by atoms with Gasteiger partial charge in [0.05, 0.1) is 6.04 Å². The number of likely N-dealkylation sites (N-methyl/N-ethyl adjacent to an activating group) is 1. The molecule has 2 atom stereocenters. The molecule has 2 aliphatic rings. The quantitative estimate of drug-likeness (QED) is 0.871. The van der Waals surface area contributed by atoms with Gasteiger partial charge in [0, 0.05) is 17.5 Å². The number of nitrogens with one attached hydrogen (secondary N) is 1. The third-order valence-electron chi connectivity index (χ3n) is 3.75. The normalized spacial score (nSPS) is 27.3. The first-order valence-electron chi connectivity index (χ1n) is 6.76. The highest BCUT2D eigenvalue weighted by Crippen LogP contribution is 2.49. The molecule has 0 aliphatic carbocycles. The predicted molar refractivity (Wildman–Crippen MR) is 71.4 cm³/mol. The summed E-state index contributed by atoms with van der Waals surface area (Å²) in [6.45, 7) is 9.43. The van der Waals surface area contributed by atoms with Gasteiger partial charge in [0.25, 0.3) is 0 Å². The Kier molecular flexibility index (Phi) is 2.56. The van der Waals surface area contributed by atoms with Gasteiger partial charge in [0.2, 0.25) is 0 Å². The van der Waals surface area contributed by atoms with Crippen LogP contribution in [0, 0.1) is 0 Å². The highest BCUT2D eigenvalue weighted by atomic mass is 16.5. The molecule has 2 heterocycles. The number of hydrogen-bond donors (Lipinski definition) is 1. The Morgan fingerprint density at radius 3 is 2.83 bits per heavy atom. The van der Waals surface area contributed by atoms with E-state index in [4.69, 9.17) is 9.47 Å². The average molecular weight is 247 g/mol. The van der Waals surface area contributed by atoms with Crippen LogP contribution in [0.25, 0.3) is 0 Å². The predicted octanol–water partition coefficient (Wildman–Crippen LogP) is 2.83. The molecule has 3 rings (SSSR count). The fourth-order valence-electron chi connectivity index (χ4n) is 3.01. The molecule has 0 saturated heterocycles. The summed E-state index contributed by atoms with van der Waals surface area (Å²) in [7, 11) is 0. The Hall–Kier alpha value is -1.22. The van der Waals surface area contributed by atoms with E-state index in [1.54, 1.807) is 0 Å². The Morgan fingerprint density at radius 2 is 2.11 bits per heavy atom. The molecule has 3 heteroatoms. The van der Waals surface area contributed by atoms with Crippen molar-refractivity contribution in [2.75, 3.05) is 6.54 Å². The van der Waals surface area contributed by atoms with E-state index in [9.17, 15) is 0 Å². The molecule has 1 aromatic carbocycles. The van der Waals surface area contributed by atoms with Crippen molar-refractivity contribution in [2.45, 2.75) is 51.9 Å². The van der Waals surface area contributed by atoms with Crippen LogP contribution in [0.1, 0.15) is 44.9 Å². The summed E-state index contributed by atoms with van der Waals surface area (Å²) >= 11 is 0. The Bertz CT molecular complexity index is 482. The summed E-state index contributed by atoms with van der Waals surface area (Å²) in [5.41, 5.74) is 2.39. The van der Waals surface area contributed by atoms with E-state index in [1.165, 1.54) is 11.1 Å². The lowest BCUT2D eigenvalue weighted by atomic mass is 9.98. The van der Waals surface area contributed by atoms with Gasteiger partial charge in [0.1, 0.15) is 11.7 Å². The summed E-state index contributed by atoms with van der Waals surface area (Å²) < 4.78 is 12.1. The largest absolute Gasteiger partial charge is 0.484 e. The van der Waals surface area contributed by atoms with Gasteiger partial charge in [0.15, 0.2) is 11.5 Å². The summed E-state index contributed by atoms with van der Waals surface area (Å²) in [5.74, 6) is 1.92. The molecule has 0 amide bonds. The van der Waals surface area contributed by atoms with Crippen LogP contribution in [0.2, 0.25) is 0 Å². The molecule has 2 unspecified atom stereocenters. The van der Waals surface area contributed by atoms with Crippen LogP contribution < -0.4 is 14.8 Å². The molecule has 0 radical (unpaired) electrons. The fraction of sp³-hybridized carbons (Fsp3) is 0.600. The van der Waals surface area contributed by atoms with Gasteiger partial charge in [-0.1, -0.05) is 19.1 Å². The van der Waals surface area contributed by atoms with Crippen LogP contribution in [0.3, 0.4) is 0 Å². The standard InChI is InChI=1S/C15H21NO2/c1-5-16-12-9(2)17-14-11(12)7-6-10-8-15(3,4)18-13(10)14/h6-7,9,12,16H,5,8H2,1-4H3. The maximum atomic E-state index is 6.06. The van der Waals surface area contributed by atoms with E-state index in [2.05, 4.69) is 45.1 Å². The van der Waals surface area contributed by atoms with Crippen molar-refractivity contribution >= 4 is 0 Å². The molecule has 0 saturated carbocycles. The van der Waals surface area contributed by atoms with Crippen LogP contribution in [0.15, 0.2) is 12.1 Å². The van der Waals surface area contributed by atoms with Crippen molar-refractivity contribution in [3.8, 4) is 11.5 Å². The third-order valence-corrected chi connectivity index (χ3v) is 3.75. The van der Waals surface area contributed by atoms with Gasteiger partial charge < -0.3 is 14.8 Å². The minimum absolute atomic E-state index is 0.111. The van der Waals surface area contributed by atoms with Crippen molar-refractivity contribution in [3.63, 3.8) is 0 Å². The van der Waals surface area contributed by atoms with Gasteiger partial charge in [-0.05, 0) is 27.3 Å². The first kappa shape index (κ1) is 11.8. The maximum absolute atomic E-state index is 6.06. The lowest BCUT2D eigenvalue weighted by molar-refractivity contribution is 0.128. The zero-order valence-corrected chi connectivity index (χ0v) is 11.5. The van der Waals surface area contributed by atoms with E-state index in [0.29, 0.717) is 0 Å². The van der Waals surface area contributed by atoms with E-state index < -0.39 is 0 Å². The number of benzene rings is 1. The third kappa shape index (κ3) is 1.69. The van der Waals surface area contributed by atoms with E-state index in [-0.39, 0.29) is 17.7 Å². The molecular formula is C15H21NO2. The van der Waals surface area contributed by atoms with Crippen molar-refractivity contribution in [1.82, 2.24) is 5.32 Å². The van der Waals surface area contributed by atoms with Gasteiger partial charge in [-0.15, -0.1) is 0 Å². The van der Waals surface area contributed by atoms with Crippen LogP contribution in [-0.2, 0) is 6.42 Å². The smallest absolute Gasteiger partial charge is 0.166 e. The zero-order chi connectivity index (χ0) is 12.9. The van der Waals surface area contributed by atoms with Crippen molar-refractivity contribution in [2.24, 2.45) is 0 Å². The van der Waals surface area contributed by atoms with Crippen LogP contribution in [0.5, 0.6) is 11.5 Å². The topological polar surface area (TPSA) is 30.5 Å². The summed E-state index contributed by atoms with van der Waals surface area (Å²) in [6.07, 6.45) is 1.12. The summed E-state index contributed by atoms with van der Waals surface area (Å²) in [5, 5.41) is 3.48. The molecule has 2 aliphatic heterocycles. The Morgan fingerprint density at radius 1 is 1.33 bits per heavy atom. The van der Waals surface area contributed by atoms with Crippen molar-refractivity contribution in [3.05, 3.63) is 23.3 Å². The number of fused-ring (bicyclic) bond motifs is 3. The molecule has 0 aromatic heterocycles. The second-order valence-electron chi connectivity index (χ2n) is 5.87. The van der Waals surface area contributed by atoms with Crippen molar-refractivity contribution in [1.29, 1.82) is 0 Å². The van der Waals surface area contributed by atoms with Crippen LogP contribution in [-0.4, -0.2) is 18.2 Å². The summed E-state index contributed by atoms with van der Waals surface area (Å²) in [6, 6.07) is 4.66. The van der Waals surface area contributed by atoms with Gasteiger partial charge >= 0.3 is 0 Å². The molecule has 0 spiro atoms. The van der Waals surface area contributed by atoms with Gasteiger partial charge in [-0.2, -0.15) is 0 Å². The minimum atomic E-state index is -0.111. The lowest BCUT2D eigenvalue weighted by Gasteiger charge is -2.17. The van der Waals surface area contributed by atoms with Crippen molar-refractivity contribution < 1.29 is 9.47 Å². The molecular weight excluding hydrogens is 226 g/mol. The molecule has 98 valence electrons. The highest BCUT2D eigenvalue weighted by molar-refractivity contribution is 5.57. The molecule has 18 heavy (non-hydrogen) atoms. The van der Waals surface area contributed by atoms with E-state index in [1.807, 2.05) is 0 Å². The molecule has 0 bridgehead atoms. The van der Waals surface area contributed by atoms with E-state index in [0.717, 1.165) is 24.5 Å². The first-order chi connectivity index (χ1) is 8.52. The van der Waals surface area contributed by atoms with E-state index >= 15 is 0 Å². The minimum Gasteiger partial charge on any atom is -0.484 e. The zero-order valence-electron chi connectivity index (χ0n) is 11.5. The average Bonchev–Trinajstić information content (AvgIpc) is 2.76. The molecule has 0 fully saturated rings. The van der Waals surface area contributed by atoms with Crippen LogP contribution >= 0.6 is 0 Å². The fourth-order valence-corrected chi connectivity index (χ4v) is 3.01. The Balaban J connectivity index is 2.02. The van der Waals surface area contributed by atoms with Gasteiger partial charge in [-0.25, -0.2) is 0 Å². The Labute approximate surface area is 108 Å². The number of rotatable bonds is 2. The lowest BCUT2D eigenvalue weighted by Crippen LogP contribution is -2.28. The first-order valence-corrected chi connectivity index (χ1v) is 6.76. The van der Waals surface area contributed by atoms with Crippen LogP contribution in [0.4, 0.5) is 0 Å². The molecule has 1 aromatic rings. The molecule has 3 nitrogen and oxygen atoms in total. The molecule has 1 N–H and O–H groups in total. The van der Waals surface area contributed by atoms with Gasteiger partial charge in [-0.3, -0.25) is 0 Å². The number of hydrogen-bond acceptors (Lipinski definition) is 3. The SMILES string of the molecule is CCNC1c2ccc3c(c2OC1C)OC(C)(C)C3. The maximum Gasteiger partial charge on any atom is 0.166 e. The summed E-state index contributed by atoms with van der Waals surface area (Å²) in [4.78, 5) is 0. The second-order valence-corrected chi connectivity index (χ2v) is 5.87. The monoisotopic (exact) mass is 247 g/mol.